The number of aromatic nitrogens is 3. The Hall–Kier alpha value is -2.44. The molecule has 0 aliphatic carbocycles. The van der Waals surface area contributed by atoms with Crippen LogP contribution in [0.3, 0.4) is 0 Å². The molecule has 1 aromatic heterocycles. The second-order valence-corrected chi connectivity index (χ2v) is 7.40. The van der Waals surface area contributed by atoms with Crippen LogP contribution >= 0.6 is 12.2 Å². The molecule has 1 atom stereocenters. The van der Waals surface area contributed by atoms with Crippen LogP contribution in [0.15, 0.2) is 48.5 Å². The van der Waals surface area contributed by atoms with Crippen LogP contribution in [-0.4, -0.2) is 33.3 Å². The van der Waals surface area contributed by atoms with Crippen molar-refractivity contribution in [3.8, 4) is 17.1 Å². The van der Waals surface area contributed by atoms with E-state index < -0.39 is 0 Å². The first kappa shape index (κ1) is 17.9. The number of aromatic amines is 1. The molecular formula is C21H24N4OS. The van der Waals surface area contributed by atoms with Gasteiger partial charge in [-0.2, -0.15) is 4.98 Å². The van der Waals surface area contributed by atoms with Gasteiger partial charge in [0, 0.05) is 18.2 Å². The van der Waals surface area contributed by atoms with Crippen LogP contribution in [0.25, 0.3) is 11.4 Å². The zero-order valence-corrected chi connectivity index (χ0v) is 16.5. The Balaban J connectivity index is 1.54. The van der Waals surface area contributed by atoms with Crippen molar-refractivity contribution < 1.29 is 4.74 Å². The van der Waals surface area contributed by atoms with E-state index in [0.29, 0.717) is 17.5 Å². The molecule has 0 radical (unpaired) electrons. The molecule has 4 rings (SSSR count). The van der Waals surface area contributed by atoms with Crippen LogP contribution < -0.4 is 4.74 Å². The summed E-state index contributed by atoms with van der Waals surface area (Å²) in [6.45, 7) is 3.85. The Morgan fingerprint density at radius 3 is 2.59 bits per heavy atom. The molecule has 2 aromatic carbocycles. The van der Waals surface area contributed by atoms with E-state index in [2.05, 4.69) is 58.3 Å². The molecule has 1 aliphatic heterocycles. The van der Waals surface area contributed by atoms with E-state index >= 15 is 0 Å². The maximum atomic E-state index is 5.50. The molecule has 1 unspecified atom stereocenters. The first-order valence-electron chi connectivity index (χ1n) is 9.26. The van der Waals surface area contributed by atoms with Gasteiger partial charge in [0.2, 0.25) is 4.77 Å². The fourth-order valence-corrected chi connectivity index (χ4v) is 3.87. The molecule has 1 aliphatic rings. The van der Waals surface area contributed by atoms with Crippen molar-refractivity contribution in [3.63, 3.8) is 0 Å². The van der Waals surface area contributed by atoms with E-state index in [1.807, 2.05) is 16.8 Å². The molecule has 0 bridgehead atoms. The third-order valence-corrected chi connectivity index (χ3v) is 5.50. The van der Waals surface area contributed by atoms with Gasteiger partial charge in [0.05, 0.1) is 13.8 Å². The highest BCUT2D eigenvalue weighted by atomic mass is 32.1. The SMILES string of the molecule is COc1ccc(C2CCCN2Cn2[nH]c(-c3ccc(C)cc3)nc2=S)cc1. The Morgan fingerprint density at radius 2 is 1.89 bits per heavy atom. The summed E-state index contributed by atoms with van der Waals surface area (Å²) in [6.07, 6.45) is 2.33. The molecule has 0 amide bonds. The normalized spacial score (nSPS) is 17.3. The van der Waals surface area contributed by atoms with Gasteiger partial charge < -0.3 is 4.74 Å². The number of rotatable bonds is 5. The van der Waals surface area contributed by atoms with Gasteiger partial charge in [0.1, 0.15) is 5.75 Å². The van der Waals surface area contributed by atoms with Crippen LogP contribution in [0.1, 0.15) is 30.0 Å². The number of H-pyrrole nitrogens is 1. The molecule has 0 saturated carbocycles. The fourth-order valence-electron chi connectivity index (χ4n) is 3.67. The average Bonchev–Trinajstić information content (AvgIpc) is 3.30. The van der Waals surface area contributed by atoms with Crippen molar-refractivity contribution >= 4 is 12.2 Å². The number of hydrogen-bond acceptors (Lipinski definition) is 4. The van der Waals surface area contributed by atoms with Crippen molar-refractivity contribution in [2.45, 2.75) is 32.5 Å². The number of methoxy groups -OCH3 is 1. The van der Waals surface area contributed by atoms with Gasteiger partial charge in [-0.3, -0.25) is 10.00 Å². The van der Waals surface area contributed by atoms with Crippen molar-refractivity contribution in [2.24, 2.45) is 0 Å². The van der Waals surface area contributed by atoms with Crippen LogP contribution in [0.4, 0.5) is 0 Å². The quantitative estimate of drug-likeness (QED) is 0.651. The fraction of sp³-hybridized carbons (Fsp3) is 0.333. The lowest BCUT2D eigenvalue weighted by molar-refractivity contribution is 0.190. The van der Waals surface area contributed by atoms with Crippen LogP contribution in [0.5, 0.6) is 5.75 Å². The molecular weight excluding hydrogens is 356 g/mol. The Labute approximate surface area is 164 Å². The Bertz CT molecular complexity index is 959. The lowest BCUT2D eigenvalue weighted by Gasteiger charge is -2.25. The van der Waals surface area contributed by atoms with Gasteiger partial charge in [-0.05, 0) is 49.7 Å². The van der Waals surface area contributed by atoms with Crippen LogP contribution in [0.2, 0.25) is 0 Å². The second-order valence-electron chi connectivity index (χ2n) is 7.03. The molecule has 1 N–H and O–H groups in total. The topological polar surface area (TPSA) is 46.1 Å². The molecule has 140 valence electrons. The monoisotopic (exact) mass is 380 g/mol. The summed E-state index contributed by atoms with van der Waals surface area (Å²) in [7, 11) is 1.70. The summed E-state index contributed by atoms with van der Waals surface area (Å²) in [5.41, 5.74) is 3.60. The Morgan fingerprint density at radius 1 is 1.15 bits per heavy atom. The van der Waals surface area contributed by atoms with E-state index in [1.165, 1.54) is 17.5 Å². The maximum Gasteiger partial charge on any atom is 0.217 e. The minimum atomic E-state index is 0.393. The van der Waals surface area contributed by atoms with Gasteiger partial charge in [0.15, 0.2) is 5.82 Å². The largest absolute Gasteiger partial charge is 0.497 e. The molecule has 5 nitrogen and oxygen atoms in total. The molecule has 1 fully saturated rings. The summed E-state index contributed by atoms with van der Waals surface area (Å²) in [6, 6.07) is 17.1. The van der Waals surface area contributed by atoms with Gasteiger partial charge in [-0.15, -0.1) is 0 Å². The van der Waals surface area contributed by atoms with Crippen molar-refractivity contribution in [2.75, 3.05) is 13.7 Å². The van der Waals surface area contributed by atoms with E-state index in [1.54, 1.807) is 7.11 Å². The van der Waals surface area contributed by atoms with Gasteiger partial charge in [-0.25, -0.2) is 4.68 Å². The van der Waals surface area contributed by atoms with E-state index in [-0.39, 0.29) is 0 Å². The molecule has 0 spiro atoms. The molecule has 3 aromatic rings. The van der Waals surface area contributed by atoms with Gasteiger partial charge in [0.25, 0.3) is 0 Å². The van der Waals surface area contributed by atoms with E-state index in [4.69, 9.17) is 17.0 Å². The Kier molecular flexibility index (Phi) is 5.09. The highest BCUT2D eigenvalue weighted by molar-refractivity contribution is 7.71. The molecule has 6 heteroatoms. The van der Waals surface area contributed by atoms with E-state index in [0.717, 1.165) is 30.1 Å². The predicted molar refractivity (Wildman–Crippen MR) is 109 cm³/mol. The maximum absolute atomic E-state index is 5.50. The third-order valence-electron chi connectivity index (χ3n) is 5.19. The summed E-state index contributed by atoms with van der Waals surface area (Å²) in [5, 5.41) is 3.37. The number of hydrogen-bond donors (Lipinski definition) is 1. The van der Waals surface area contributed by atoms with Gasteiger partial charge >= 0.3 is 0 Å². The number of aryl methyl sites for hydroxylation is 1. The lowest BCUT2D eigenvalue weighted by atomic mass is 10.0. The summed E-state index contributed by atoms with van der Waals surface area (Å²) in [4.78, 5) is 7.01. The number of ether oxygens (including phenoxy) is 1. The number of nitrogens with one attached hydrogen (secondary N) is 1. The third kappa shape index (κ3) is 3.82. The van der Waals surface area contributed by atoms with E-state index in [9.17, 15) is 0 Å². The van der Waals surface area contributed by atoms with Crippen molar-refractivity contribution in [3.05, 3.63) is 64.4 Å². The molecule has 27 heavy (non-hydrogen) atoms. The highest BCUT2D eigenvalue weighted by Crippen LogP contribution is 2.33. The number of likely N-dealkylation sites (tertiary alicyclic amines) is 1. The van der Waals surface area contributed by atoms with Crippen molar-refractivity contribution in [1.29, 1.82) is 0 Å². The minimum absolute atomic E-state index is 0.393. The molecule has 1 saturated heterocycles. The molecule has 2 heterocycles. The van der Waals surface area contributed by atoms with Gasteiger partial charge in [-0.1, -0.05) is 42.0 Å². The smallest absolute Gasteiger partial charge is 0.217 e. The first-order valence-corrected chi connectivity index (χ1v) is 9.67. The number of nitrogens with zero attached hydrogens (tertiary/aromatic N) is 3. The minimum Gasteiger partial charge on any atom is -0.497 e. The summed E-state index contributed by atoms with van der Waals surface area (Å²) in [5.74, 6) is 1.71. The van der Waals surface area contributed by atoms with Crippen LogP contribution in [0, 0.1) is 11.7 Å². The standard InChI is InChI=1S/C21H24N4OS/c1-15-5-7-17(8-6-15)20-22-21(27)25(23-20)14-24-13-3-4-19(24)16-9-11-18(26-2)12-10-16/h5-12,19H,3-4,13-14H2,1-2H3,(H,22,23,27). The number of benzene rings is 2. The summed E-state index contributed by atoms with van der Waals surface area (Å²) >= 11 is 5.50. The zero-order valence-electron chi connectivity index (χ0n) is 15.7. The predicted octanol–water partition coefficient (Wildman–Crippen LogP) is 4.72. The summed E-state index contributed by atoms with van der Waals surface area (Å²) < 4.78 is 7.83. The van der Waals surface area contributed by atoms with Crippen LogP contribution in [-0.2, 0) is 6.67 Å². The lowest BCUT2D eigenvalue weighted by Crippen LogP contribution is -2.26. The average molecular weight is 381 g/mol. The zero-order chi connectivity index (χ0) is 18.8. The second kappa shape index (κ2) is 7.66. The highest BCUT2D eigenvalue weighted by Gasteiger charge is 2.26. The van der Waals surface area contributed by atoms with Crippen molar-refractivity contribution in [1.82, 2.24) is 19.7 Å². The first-order chi connectivity index (χ1) is 13.1.